The number of benzene rings is 2. The van der Waals surface area contributed by atoms with Crippen LogP contribution in [0.2, 0.25) is 0 Å². The summed E-state index contributed by atoms with van der Waals surface area (Å²) in [7, 11) is 1.63. The number of aryl methyl sites for hydroxylation is 1. The molecule has 35 heavy (non-hydrogen) atoms. The second kappa shape index (κ2) is 11.6. The maximum Gasteiger partial charge on any atom is 0.273 e. The van der Waals surface area contributed by atoms with E-state index in [4.69, 9.17) is 9.47 Å². The van der Waals surface area contributed by atoms with Gasteiger partial charge in [-0.2, -0.15) is 0 Å². The van der Waals surface area contributed by atoms with E-state index in [0.717, 1.165) is 17.0 Å². The summed E-state index contributed by atoms with van der Waals surface area (Å²) in [6.45, 7) is 0.733. The number of rotatable bonds is 10. The molecule has 2 aromatic carbocycles. The molecule has 1 amide bonds. The zero-order valence-corrected chi connectivity index (χ0v) is 19.2. The molecule has 9 nitrogen and oxygen atoms in total. The first-order valence-electron chi connectivity index (χ1n) is 11.1. The van der Waals surface area contributed by atoms with Gasteiger partial charge in [-0.15, -0.1) is 10.2 Å². The van der Waals surface area contributed by atoms with Crippen LogP contribution in [0.1, 0.15) is 23.4 Å². The quantitative estimate of drug-likeness (QED) is 0.365. The van der Waals surface area contributed by atoms with Crippen LogP contribution in [-0.2, 0) is 24.4 Å². The minimum atomic E-state index is -0.370. The number of hydrogen-bond acceptors (Lipinski definition) is 7. The number of methoxy groups -OCH3 is 1. The van der Waals surface area contributed by atoms with Crippen molar-refractivity contribution >= 4 is 5.91 Å². The van der Waals surface area contributed by atoms with Crippen LogP contribution in [0.5, 0.6) is 11.5 Å². The molecular formula is C26H25N5O4. The van der Waals surface area contributed by atoms with Gasteiger partial charge in [-0.05, 0) is 54.1 Å². The van der Waals surface area contributed by atoms with Gasteiger partial charge in [-0.25, -0.2) is 0 Å². The van der Waals surface area contributed by atoms with Crippen LogP contribution in [0, 0.1) is 0 Å². The molecule has 0 saturated heterocycles. The van der Waals surface area contributed by atoms with E-state index in [1.54, 1.807) is 37.6 Å². The Morgan fingerprint density at radius 1 is 1.00 bits per heavy atom. The Morgan fingerprint density at radius 2 is 1.86 bits per heavy atom. The molecule has 0 unspecified atom stereocenters. The van der Waals surface area contributed by atoms with Crippen molar-refractivity contribution in [3.05, 3.63) is 100 Å². The van der Waals surface area contributed by atoms with Crippen molar-refractivity contribution in [3.63, 3.8) is 0 Å². The highest BCUT2D eigenvalue weighted by atomic mass is 16.5. The minimum absolute atomic E-state index is 0.128. The topological polar surface area (TPSA) is 119 Å². The molecule has 178 valence electrons. The van der Waals surface area contributed by atoms with Crippen molar-refractivity contribution in [2.45, 2.75) is 26.0 Å². The zero-order valence-electron chi connectivity index (χ0n) is 19.2. The predicted molar refractivity (Wildman–Crippen MR) is 130 cm³/mol. The molecule has 4 rings (SSSR count). The maximum absolute atomic E-state index is 12.4. The molecule has 2 aromatic heterocycles. The Labute approximate surface area is 202 Å². The van der Waals surface area contributed by atoms with Crippen LogP contribution in [0.25, 0.3) is 11.4 Å². The first kappa shape index (κ1) is 23.6. The second-order valence-corrected chi connectivity index (χ2v) is 7.71. The molecule has 0 bridgehead atoms. The van der Waals surface area contributed by atoms with Crippen LogP contribution in [0.3, 0.4) is 0 Å². The zero-order chi connectivity index (χ0) is 24.5. The first-order chi connectivity index (χ1) is 17.1. The lowest BCUT2D eigenvalue weighted by molar-refractivity contribution is -0.121. The summed E-state index contributed by atoms with van der Waals surface area (Å²) >= 11 is 0. The molecule has 0 fully saturated rings. The summed E-state index contributed by atoms with van der Waals surface area (Å²) in [6.07, 6.45) is 1.98. The number of carbonyl (C=O) groups is 1. The SMILES string of the molecule is COc1cccc(COc2ccc(-c3nnc(CCC(=O)NCc4ccccn4)c(=O)[nH]3)cc2)c1. The van der Waals surface area contributed by atoms with E-state index in [2.05, 4.69) is 25.5 Å². The minimum Gasteiger partial charge on any atom is -0.497 e. The number of nitrogens with zero attached hydrogens (tertiary/aromatic N) is 3. The summed E-state index contributed by atoms with van der Waals surface area (Å²) in [5.74, 6) is 1.61. The normalized spacial score (nSPS) is 10.5. The average molecular weight is 472 g/mol. The maximum atomic E-state index is 12.4. The van der Waals surface area contributed by atoms with E-state index >= 15 is 0 Å². The highest BCUT2D eigenvalue weighted by Crippen LogP contribution is 2.20. The van der Waals surface area contributed by atoms with Gasteiger partial charge in [0.05, 0.1) is 19.3 Å². The number of amides is 1. The van der Waals surface area contributed by atoms with Crippen molar-refractivity contribution in [2.75, 3.05) is 7.11 Å². The predicted octanol–water partition coefficient (Wildman–Crippen LogP) is 3.06. The Hall–Kier alpha value is -4.53. The highest BCUT2D eigenvalue weighted by Gasteiger charge is 2.10. The fourth-order valence-electron chi connectivity index (χ4n) is 3.30. The fraction of sp³-hybridized carbons (Fsp3) is 0.192. The summed E-state index contributed by atoms with van der Waals surface area (Å²) < 4.78 is 11.0. The molecule has 4 aromatic rings. The van der Waals surface area contributed by atoms with Crippen LogP contribution in [-0.4, -0.2) is 33.2 Å². The fourth-order valence-corrected chi connectivity index (χ4v) is 3.30. The van der Waals surface area contributed by atoms with Crippen molar-refractivity contribution in [1.29, 1.82) is 0 Å². The molecule has 0 radical (unpaired) electrons. The Balaban J connectivity index is 1.30. The number of pyridine rings is 1. The smallest absolute Gasteiger partial charge is 0.273 e. The monoisotopic (exact) mass is 471 g/mol. The standard InChI is InChI=1S/C26H25N5O4/c1-34-22-7-4-5-18(15-22)17-35-21-10-8-19(9-11-21)25-29-26(33)23(30-31-25)12-13-24(32)28-16-20-6-2-3-14-27-20/h2-11,14-15H,12-13,16-17H2,1H3,(H,28,32)(H,29,31,33). The lowest BCUT2D eigenvalue weighted by Crippen LogP contribution is -2.25. The van der Waals surface area contributed by atoms with Crippen LogP contribution in [0.4, 0.5) is 0 Å². The number of nitrogens with one attached hydrogen (secondary N) is 2. The summed E-state index contributed by atoms with van der Waals surface area (Å²) in [5, 5.41) is 10.9. The van der Waals surface area contributed by atoms with E-state index in [9.17, 15) is 9.59 Å². The van der Waals surface area contributed by atoms with Crippen molar-refractivity contribution in [1.82, 2.24) is 25.5 Å². The Bertz CT molecular complexity index is 1320. The summed E-state index contributed by atoms with van der Waals surface area (Å²) in [5.41, 5.74) is 2.29. The van der Waals surface area contributed by atoms with E-state index in [-0.39, 0.29) is 30.0 Å². The molecule has 2 N–H and O–H groups in total. The lowest BCUT2D eigenvalue weighted by Gasteiger charge is -2.08. The largest absolute Gasteiger partial charge is 0.497 e. The van der Waals surface area contributed by atoms with Crippen LogP contribution >= 0.6 is 0 Å². The number of aromatic amines is 1. The van der Waals surface area contributed by atoms with Gasteiger partial charge < -0.3 is 19.8 Å². The molecular weight excluding hydrogens is 446 g/mol. The van der Waals surface area contributed by atoms with E-state index < -0.39 is 0 Å². The van der Waals surface area contributed by atoms with Gasteiger partial charge in [0.2, 0.25) is 5.91 Å². The third-order valence-electron chi connectivity index (χ3n) is 5.21. The molecule has 9 heteroatoms. The van der Waals surface area contributed by atoms with Gasteiger partial charge in [0, 0.05) is 24.6 Å². The number of ether oxygens (including phenoxy) is 2. The number of carbonyl (C=O) groups excluding carboxylic acids is 1. The molecule has 0 aliphatic carbocycles. The lowest BCUT2D eigenvalue weighted by atomic mass is 10.2. The highest BCUT2D eigenvalue weighted by molar-refractivity contribution is 5.76. The van der Waals surface area contributed by atoms with E-state index in [1.165, 1.54) is 0 Å². The molecule has 0 spiro atoms. The van der Waals surface area contributed by atoms with E-state index in [1.807, 2.05) is 42.5 Å². The average Bonchev–Trinajstić information content (AvgIpc) is 2.91. The molecule has 0 atom stereocenters. The number of aromatic nitrogens is 4. The van der Waals surface area contributed by atoms with Gasteiger partial charge >= 0.3 is 0 Å². The van der Waals surface area contributed by atoms with Gasteiger partial charge in [0.1, 0.15) is 23.8 Å². The number of H-pyrrole nitrogens is 1. The van der Waals surface area contributed by atoms with Crippen molar-refractivity contribution in [2.24, 2.45) is 0 Å². The van der Waals surface area contributed by atoms with E-state index in [0.29, 0.717) is 30.3 Å². The van der Waals surface area contributed by atoms with Gasteiger partial charge in [-0.1, -0.05) is 18.2 Å². The molecule has 0 aliphatic heterocycles. The summed E-state index contributed by atoms with van der Waals surface area (Å²) in [4.78, 5) is 31.4. The first-order valence-corrected chi connectivity index (χ1v) is 11.1. The van der Waals surface area contributed by atoms with Crippen LogP contribution in [0.15, 0.2) is 77.7 Å². The van der Waals surface area contributed by atoms with Gasteiger partial charge in [-0.3, -0.25) is 14.6 Å². The second-order valence-electron chi connectivity index (χ2n) is 7.71. The Morgan fingerprint density at radius 3 is 2.60 bits per heavy atom. The third kappa shape index (κ3) is 6.73. The van der Waals surface area contributed by atoms with Crippen LogP contribution < -0.4 is 20.3 Å². The van der Waals surface area contributed by atoms with Crippen molar-refractivity contribution < 1.29 is 14.3 Å². The third-order valence-corrected chi connectivity index (χ3v) is 5.21. The van der Waals surface area contributed by atoms with Gasteiger partial charge in [0.25, 0.3) is 5.56 Å². The molecule has 0 aliphatic rings. The van der Waals surface area contributed by atoms with Crippen molar-refractivity contribution in [3.8, 4) is 22.9 Å². The Kier molecular flexibility index (Phi) is 7.80. The molecule has 2 heterocycles. The summed E-state index contributed by atoms with van der Waals surface area (Å²) in [6, 6.07) is 20.4. The molecule has 0 saturated carbocycles. The van der Waals surface area contributed by atoms with Gasteiger partial charge in [0.15, 0.2) is 5.82 Å². The number of hydrogen-bond donors (Lipinski definition) is 2.